The summed E-state index contributed by atoms with van der Waals surface area (Å²) in [5, 5.41) is 49.5. The number of nitrogens with zero attached hydrogens (tertiary/aromatic N) is 1. The number of aromatic nitrogens is 1. The van der Waals surface area contributed by atoms with Crippen LogP contribution in [-0.4, -0.2) is 62.3 Å². The summed E-state index contributed by atoms with van der Waals surface area (Å²) in [6.45, 7) is 9.09. The maximum absolute atomic E-state index is 12.7. The number of para-hydroxylation sites is 1. The second-order valence-corrected chi connectivity index (χ2v) is 18.1. The van der Waals surface area contributed by atoms with Crippen molar-refractivity contribution < 1.29 is 34.8 Å². The number of carbonyl (C=O) groups is 2. The molecule has 7 rings (SSSR count). The third-order valence-corrected chi connectivity index (χ3v) is 15.4. The van der Waals surface area contributed by atoms with E-state index in [1.807, 2.05) is 31.2 Å². The van der Waals surface area contributed by atoms with Gasteiger partial charge in [-0.1, -0.05) is 63.2 Å². The highest BCUT2D eigenvalue weighted by Gasteiger charge is 2.66. The average molecular weight is 741 g/mol. The number of hydrogen-bond donors (Lipinski definition) is 5. The fourth-order valence-corrected chi connectivity index (χ4v) is 12.3. The zero-order valence-corrected chi connectivity index (χ0v) is 32.7. The number of aryl methyl sites for hydroxylation is 2. The number of nitrogens with one attached hydrogen (secondary N) is 1. The van der Waals surface area contributed by atoms with Crippen LogP contribution >= 0.6 is 0 Å². The molecule has 5 N–H and O–H groups in total. The van der Waals surface area contributed by atoms with Crippen molar-refractivity contribution >= 4 is 28.5 Å². The van der Waals surface area contributed by atoms with Gasteiger partial charge in [0.1, 0.15) is 5.56 Å². The fourth-order valence-electron chi connectivity index (χ4n) is 12.3. The molecule has 0 saturated heterocycles. The van der Waals surface area contributed by atoms with Gasteiger partial charge in [0, 0.05) is 18.4 Å². The van der Waals surface area contributed by atoms with Gasteiger partial charge in [-0.2, -0.15) is 0 Å². The van der Waals surface area contributed by atoms with Crippen LogP contribution in [0, 0.1) is 53.3 Å². The van der Waals surface area contributed by atoms with Crippen molar-refractivity contribution in [2.75, 3.05) is 12.4 Å². The number of anilines is 1. The Balaban J connectivity index is 0.989. The number of pyridine rings is 1. The van der Waals surface area contributed by atoms with Gasteiger partial charge >= 0.3 is 11.9 Å². The monoisotopic (exact) mass is 740 g/mol. The lowest BCUT2D eigenvalue weighted by atomic mass is 9.42. The van der Waals surface area contributed by atoms with E-state index in [2.05, 4.69) is 55.3 Å². The Morgan fingerprint density at radius 1 is 1.00 bits per heavy atom. The van der Waals surface area contributed by atoms with Gasteiger partial charge in [0.05, 0.1) is 41.8 Å². The molecule has 1 aromatic heterocycles. The molecule has 9 heteroatoms. The number of carbonyl (C=O) groups excluding carboxylic acids is 1. The molecular formula is C45H60N2O7. The standard InChI is InChI=1S/C45H60N2O7/c1-26(10-17-38(50)51)32-15-16-33-40-34(23-37(49)44(32,33)4)43(3)20-21-45(53,24-30(43)22-36(40)48)19-18-28-11-13-29(14-12-28)25-46-41-31-8-6-7-9-35(31)47-27(2)39(41)42(52)54-5/h6-9,11-14,26,30,32-34,36-37,40,48-49,53H,10,15-25H2,1-5H3,(H,46,47)(H,50,51)/t26-,30?,32-,33?,34?,36?,37+,40?,43+,44-,45-/m1/s1. The van der Waals surface area contributed by atoms with E-state index in [4.69, 9.17) is 4.74 Å². The minimum absolute atomic E-state index is 0.0491. The summed E-state index contributed by atoms with van der Waals surface area (Å²) in [6, 6.07) is 16.2. The van der Waals surface area contributed by atoms with Crippen molar-refractivity contribution in [3.63, 3.8) is 0 Å². The zero-order chi connectivity index (χ0) is 38.6. The first kappa shape index (κ1) is 38.7. The van der Waals surface area contributed by atoms with Crippen molar-refractivity contribution in [3.8, 4) is 0 Å². The van der Waals surface area contributed by atoms with Crippen LogP contribution in [0.15, 0.2) is 48.5 Å². The van der Waals surface area contributed by atoms with Crippen LogP contribution in [0.1, 0.15) is 112 Å². The Morgan fingerprint density at radius 3 is 2.44 bits per heavy atom. The van der Waals surface area contributed by atoms with Crippen molar-refractivity contribution in [3.05, 3.63) is 70.9 Å². The van der Waals surface area contributed by atoms with Crippen LogP contribution in [0.3, 0.4) is 0 Å². The minimum atomic E-state index is -0.804. The first-order chi connectivity index (χ1) is 25.7. The number of rotatable bonds is 11. The molecule has 0 bridgehead atoms. The smallest absolute Gasteiger partial charge is 0.341 e. The van der Waals surface area contributed by atoms with Crippen LogP contribution in [0.25, 0.3) is 10.9 Å². The Morgan fingerprint density at radius 2 is 1.72 bits per heavy atom. The Labute approximate surface area is 319 Å². The summed E-state index contributed by atoms with van der Waals surface area (Å²) in [5.74, 6) is 0.0136. The highest BCUT2D eigenvalue weighted by molar-refractivity contribution is 6.06. The molecule has 0 aliphatic heterocycles. The average Bonchev–Trinajstić information content (AvgIpc) is 3.51. The molecule has 11 atom stereocenters. The maximum Gasteiger partial charge on any atom is 0.341 e. The van der Waals surface area contributed by atoms with Crippen molar-refractivity contribution in [1.82, 2.24) is 4.98 Å². The van der Waals surface area contributed by atoms with Crippen molar-refractivity contribution in [2.24, 2.45) is 46.3 Å². The van der Waals surface area contributed by atoms with E-state index < -0.39 is 29.7 Å². The number of benzene rings is 2. The summed E-state index contributed by atoms with van der Waals surface area (Å²) in [5.41, 5.74) is 3.64. The molecule has 3 aromatic rings. The highest BCUT2D eigenvalue weighted by atomic mass is 16.5. The van der Waals surface area contributed by atoms with Crippen LogP contribution in [-0.2, 0) is 22.5 Å². The lowest BCUT2D eigenvalue weighted by Gasteiger charge is -2.64. The van der Waals surface area contributed by atoms with E-state index in [1.54, 1.807) is 0 Å². The molecular weight excluding hydrogens is 681 g/mol. The maximum atomic E-state index is 12.7. The minimum Gasteiger partial charge on any atom is -0.481 e. The van der Waals surface area contributed by atoms with Gasteiger partial charge in [0.25, 0.3) is 0 Å². The van der Waals surface area contributed by atoms with Gasteiger partial charge in [0.2, 0.25) is 0 Å². The molecule has 0 radical (unpaired) electrons. The van der Waals surface area contributed by atoms with Gasteiger partial charge in [-0.15, -0.1) is 0 Å². The zero-order valence-electron chi connectivity index (χ0n) is 32.7. The molecule has 2 aromatic carbocycles. The number of fused-ring (bicyclic) bond motifs is 6. The van der Waals surface area contributed by atoms with Gasteiger partial charge in [-0.25, -0.2) is 4.79 Å². The molecule has 5 unspecified atom stereocenters. The molecule has 4 fully saturated rings. The first-order valence-electron chi connectivity index (χ1n) is 20.3. The molecule has 1 heterocycles. The molecule has 0 amide bonds. The van der Waals surface area contributed by atoms with E-state index in [1.165, 1.54) is 7.11 Å². The molecule has 9 nitrogen and oxygen atoms in total. The summed E-state index contributed by atoms with van der Waals surface area (Å²) in [6.07, 6.45) is 6.83. The Kier molecular flexibility index (Phi) is 10.7. The third kappa shape index (κ3) is 6.83. The molecule has 4 aliphatic rings. The van der Waals surface area contributed by atoms with E-state index in [9.17, 15) is 30.0 Å². The van der Waals surface area contributed by atoms with E-state index in [-0.39, 0.29) is 52.8 Å². The van der Waals surface area contributed by atoms with Crippen molar-refractivity contribution in [2.45, 2.75) is 123 Å². The van der Waals surface area contributed by atoms with Crippen LogP contribution < -0.4 is 5.32 Å². The van der Waals surface area contributed by atoms with E-state index >= 15 is 0 Å². The molecule has 0 spiro atoms. The number of esters is 1. The quantitative estimate of drug-likeness (QED) is 0.125. The molecule has 54 heavy (non-hydrogen) atoms. The fraction of sp³-hybridized carbons (Fsp3) is 0.622. The second kappa shape index (κ2) is 14.8. The van der Waals surface area contributed by atoms with Crippen molar-refractivity contribution in [1.29, 1.82) is 0 Å². The van der Waals surface area contributed by atoms with Crippen LogP contribution in [0.4, 0.5) is 5.69 Å². The third-order valence-electron chi connectivity index (χ3n) is 15.4. The number of ether oxygens (including phenoxy) is 1. The Bertz CT molecular complexity index is 1860. The SMILES string of the molecule is COC(=O)c1c(C)nc2ccccc2c1NCc1ccc(CC[C@@]2(O)CC[C@@]3(C)C(CC(O)C4C3C[C@H](O)[C@@]3(C)C4CC[C@@H]3[C@H](C)CCC(=O)O)C2)cc1. The summed E-state index contributed by atoms with van der Waals surface area (Å²) in [7, 11) is 1.38. The summed E-state index contributed by atoms with van der Waals surface area (Å²) >= 11 is 0. The topological polar surface area (TPSA) is 149 Å². The number of methoxy groups -OCH3 is 1. The number of carboxylic acid groups (broad SMARTS) is 1. The van der Waals surface area contributed by atoms with Crippen LogP contribution in [0.2, 0.25) is 0 Å². The highest BCUT2D eigenvalue weighted by Crippen LogP contribution is 2.69. The lowest BCUT2D eigenvalue weighted by Crippen LogP contribution is -2.63. The van der Waals surface area contributed by atoms with Crippen LogP contribution in [0.5, 0.6) is 0 Å². The first-order valence-corrected chi connectivity index (χ1v) is 20.3. The number of hydrogen-bond acceptors (Lipinski definition) is 8. The number of aliphatic hydroxyl groups excluding tert-OH is 2. The second-order valence-electron chi connectivity index (χ2n) is 18.1. The van der Waals surface area contributed by atoms with Gasteiger partial charge in [-0.05, 0) is 135 Å². The number of aliphatic hydroxyl groups is 3. The normalized spacial score (nSPS) is 35.1. The van der Waals surface area contributed by atoms with E-state index in [0.29, 0.717) is 55.6 Å². The summed E-state index contributed by atoms with van der Waals surface area (Å²) < 4.78 is 5.09. The predicted molar refractivity (Wildman–Crippen MR) is 209 cm³/mol. The largest absolute Gasteiger partial charge is 0.481 e. The predicted octanol–water partition coefficient (Wildman–Crippen LogP) is 7.71. The van der Waals surface area contributed by atoms with Gasteiger partial charge in [0.15, 0.2) is 0 Å². The molecule has 4 saturated carbocycles. The van der Waals surface area contributed by atoms with E-state index in [0.717, 1.165) is 54.1 Å². The molecule has 4 aliphatic carbocycles. The summed E-state index contributed by atoms with van der Waals surface area (Å²) in [4.78, 5) is 28.7. The Hall–Kier alpha value is -3.53. The molecule has 292 valence electrons. The van der Waals surface area contributed by atoms with Gasteiger partial charge < -0.3 is 30.5 Å². The number of aliphatic carboxylic acids is 1. The van der Waals surface area contributed by atoms with Gasteiger partial charge in [-0.3, -0.25) is 9.78 Å². The number of carboxylic acids is 1. The lowest BCUT2D eigenvalue weighted by molar-refractivity contribution is -0.216.